The minimum absolute atomic E-state index is 0.00342. The summed E-state index contributed by atoms with van der Waals surface area (Å²) in [7, 11) is 3.71. The predicted molar refractivity (Wildman–Crippen MR) is 68.6 cm³/mol. The molecule has 1 atom stereocenters. The first-order valence-electron chi connectivity index (χ1n) is 6.30. The number of carbonyl (C=O) groups excluding carboxylic acids is 1. The van der Waals surface area contributed by atoms with Crippen molar-refractivity contribution in [3.05, 3.63) is 35.6 Å². The Morgan fingerprint density at radius 1 is 1.33 bits per heavy atom. The average molecular weight is 250 g/mol. The van der Waals surface area contributed by atoms with Crippen LogP contribution >= 0.6 is 0 Å². The van der Waals surface area contributed by atoms with Gasteiger partial charge in [-0.1, -0.05) is 12.1 Å². The van der Waals surface area contributed by atoms with Crippen LogP contribution in [0.1, 0.15) is 30.9 Å². The molecule has 1 N–H and O–H groups in total. The zero-order valence-electron chi connectivity index (χ0n) is 10.8. The monoisotopic (exact) mass is 250 g/mol. The Labute approximate surface area is 107 Å². The van der Waals surface area contributed by atoms with Crippen molar-refractivity contribution in [2.45, 2.75) is 31.3 Å². The van der Waals surface area contributed by atoms with Crippen molar-refractivity contribution in [3.8, 4) is 0 Å². The number of rotatable bonds is 4. The van der Waals surface area contributed by atoms with Crippen molar-refractivity contribution in [2.75, 3.05) is 14.1 Å². The van der Waals surface area contributed by atoms with Crippen LogP contribution in [0.5, 0.6) is 0 Å². The molecule has 0 aromatic heterocycles. The van der Waals surface area contributed by atoms with Crippen molar-refractivity contribution in [3.63, 3.8) is 0 Å². The molecule has 2 rings (SSSR count). The second-order valence-corrected chi connectivity index (χ2v) is 5.05. The minimum atomic E-state index is -0.355. The highest BCUT2D eigenvalue weighted by atomic mass is 19.1. The maximum absolute atomic E-state index is 12.9. The van der Waals surface area contributed by atoms with Crippen LogP contribution in [0.3, 0.4) is 0 Å². The van der Waals surface area contributed by atoms with Gasteiger partial charge in [-0.15, -0.1) is 0 Å². The standard InChI is InChI=1S/C14H19FN2O/c1-17(2)13(10-6-8-11(15)9-7-10)14(18)16-12-4-3-5-12/h6-9,12-13H,3-5H2,1-2H3,(H,16,18)/t13-/m0/s1. The van der Waals surface area contributed by atoms with E-state index >= 15 is 0 Å². The van der Waals surface area contributed by atoms with Crippen LogP contribution in [0.15, 0.2) is 24.3 Å². The third-order valence-corrected chi connectivity index (χ3v) is 3.40. The molecule has 0 spiro atoms. The lowest BCUT2D eigenvalue weighted by molar-refractivity contribution is -0.127. The SMILES string of the molecule is CN(C)[C@H](C(=O)NC1CCC1)c1ccc(F)cc1. The van der Waals surface area contributed by atoms with E-state index in [9.17, 15) is 9.18 Å². The van der Waals surface area contributed by atoms with E-state index in [0.717, 1.165) is 18.4 Å². The predicted octanol–water partition coefficient (Wildman–Crippen LogP) is 2.10. The number of nitrogens with one attached hydrogen (secondary N) is 1. The van der Waals surface area contributed by atoms with E-state index < -0.39 is 0 Å². The fourth-order valence-electron chi connectivity index (χ4n) is 2.16. The zero-order valence-corrected chi connectivity index (χ0v) is 10.8. The first kappa shape index (κ1) is 13.0. The molecule has 4 heteroatoms. The number of hydrogen-bond donors (Lipinski definition) is 1. The fraction of sp³-hybridized carbons (Fsp3) is 0.500. The number of benzene rings is 1. The van der Waals surface area contributed by atoms with Gasteiger partial charge in [0.2, 0.25) is 5.91 Å². The van der Waals surface area contributed by atoms with Gasteiger partial charge < -0.3 is 5.32 Å². The Morgan fingerprint density at radius 2 is 1.94 bits per heavy atom. The molecule has 0 saturated heterocycles. The summed E-state index contributed by atoms with van der Waals surface area (Å²) in [5.74, 6) is -0.285. The topological polar surface area (TPSA) is 32.3 Å². The number of halogens is 1. The summed E-state index contributed by atoms with van der Waals surface area (Å²) in [4.78, 5) is 14.1. The van der Waals surface area contributed by atoms with Gasteiger partial charge in [0.05, 0.1) is 0 Å². The second-order valence-electron chi connectivity index (χ2n) is 5.05. The lowest BCUT2D eigenvalue weighted by Crippen LogP contribution is -2.45. The summed E-state index contributed by atoms with van der Waals surface area (Å²) >= 11 is 0. The van der Waals surface area contributed by atoms with Crippen molar-refractivity contribution >= 4 is 5.91 Å². The van der Waals surface area contributed by atoms with Crippen LogP contribution in [0.4, 0.5) is 4.39 Å². The molecule has 3 nitrogen and oxygen atoms in total. The molecule has 1 aliphatic rings. The first-order valence-corrected chi connectivity index (χ1v) is 6.30. The molecule has 98 valence electrons. The van der Waals surface area contributed by atoms with Gasteiger partial charge in [0, 0.05) is 6.04 Å². The molecule has 0 bridgehead atoms. The Hall–Kier alpha value is -1.42. The molecule has 1 fully saturated rings. The highest BCUT2D eigenvalue weighted by Crippen LogP contribution is 2.22. The zero-order chi connectivity index (χ0) is 13.1. The molecular weight excluding hydrogens is 231 g/mol. The van der Waals surface area contributed by atoms with Gasteiger partial charge in [0.25, 0.3) is 0 Å². The molecule has 1 saturated carbocycles. The molecule has 0 aliphatic heterocycles. The molecule has 1 aromatic carbocycles. The molecule has 0 radical (unpaired) electrons. The first-order chi connectivity index (χ1) is 8.58. The second kappa shape index (κ2) is 5.48. The van der Waals surface area contributed by atoms with E-state index in [4.69, 9.17) is 0 Å². The van der Waals surface area contributed by atoms with E-state index in [1.807, 2.05) is 19.0 Å². The lowest BCUT2D eigenvalue weighted by atomic mass is 9.92. The normalized spacial score (nSPS) is 17.3. The maximum Gasteiger partial charge on any atom is 0.242 e. The Kier molecular flexibility index (Phi) is 3.97. The maximum atomic E-state index is 12.9. The van der Waals surface area contributed by atoms with Crippen molar-refractivity contribution in [1.82, 2.24) is 10.2 Å². The van der Waals surface area contributed by atoms with Gasteiger partial charge in [-0.3, -0.25) is 9.69 Å². The summed E-state index contributed by atoms with van der Waals surface area (Å²) in [5, 5.41) is 3.04. The average Bonchev–Trinajstić information content (AvgIpc) is 2.26. The molecule has 1 aliphatic carbocycles. The minimum Gasteiger partial charge on any atom is -0.352 e. The Bertz CT molecular complexity index is 412. The molecule has 1 aromatic rings. The highest BCUT2D eigenvalue weighted by molar-refractivity contribution is 5.83. The molecule has 18 heavy (non-hydrogen) atoms. The summed E-state index contributed by atoms with van der Waals surface area (Å²) < 4.78 is 12.9. The van der Waals surface area contributed by atoms with Crippen LogP contribution in [0.2, 0.25) is 0 Å². The van der Waals surface area contributed by atoms with Gasteiger partial charge in [0.15, 0.2) is 0 Å². The Balaban J connectivity index is 2.11. The summed E-state index contributed by atoms with van der Waals surface area (Å²) in [6, 6.07) is 6.08. The summed E-state index contributed by atoms with van der Waals surface area (Å²) in [5.41, 5.74) is 0.818. The van der Waals surface area contributed by atoms with E-state index in [1.165, 1.54) is 18.6 Å². The van der Waals surface area contributed by atoms with Crippen molar-refractivity contribution in [1.29, 1.82) is 0 Å². The van der Waals surface area contributed by atoms with Crippen LogP contribution in [0, 0.1) is 5.82 Å². The van der Waals surface area contributed by atoms with Crippen LogP contribution in [-0.2, 0) is 4.79 Å². The molecular formula is C14H19FN2O. The molecule has 1 amide bonds. The van der Waals surface area contributed by atoms with Crippen molar-refractivity contribution < 1.29 is 9.18 Å². The Morgan fingerprint density at radius 3 is 2.39 bits per heavy atom. The van der Waals surface area contributed by atoms with E-state index in [-0.39, 0.29) is 17.8 Å². The van der Waals surface area contributed by atoms with Gasteiger partial charge in [-0.05, 0) is 51.1 Å². The largest absolute Gasteiger partial charge is 0.352 e. The number of nitrogens with zero attached hydrogens (tertiary/aromatic N) is 1. The third-order valence-electron chi connectivity index (χ3n) is 3.40. The third kappa shape index (κ3) is 2.88. The molecule has 0 heterocycles. The number of amides is 1. The summed E-state index contributed by atoms with van der Waals surface area (Å²) in [6.07, 6.45) is 3.32. The van der Waals surface area contributed by atoms with Gasteiger partial charge in [-0.2, -0.15) is 0 Å². The van der Waals surface area contributed by atoms with E-state index in [0.29, 0.717) is 6.04 Å². The van der Waals surface area contributed by atoms with Gasteiger partial charge >= 0.3 is 0 Å². The van der Waals surface area contributed by atoms with Crippen LogP contribution < -0.4 is 5.32 Å². The van der Waals surface area contributed by atoms with E-state index in [2.05, 4.69) is 5.32 Å². The molecule has 0 unspecified atom stereocenters. The van der Waals surface area contributed by atoms with Gasteiger partial charge in [-0.25, -0.2) is 4.39 Å². The van der Waals surface area contributed by atoms with Crippen LogP contribution in [0.25, 0.3) is 0 Å². The van der Waals surface area contributed by atoms with Crippen LogP contribution in [-0.4, -0.2) is 30.9 Å². The van der Waals surface area contributed by atoms with Crippen molar-refractivity contribution in [2.24, 2.45) is 0 Å². The fourth-order valence-corrected chi connectivity index (χ4v) is 2.16. The quantitative estimate of drug-likeness (QED) is 0.887. The smallest absolute Gasteiger partial charge is 0.242 e. The lowest BCUT2D eigenvalue weighted by Gasteiger charge is -2.31. The van der Waals surface area contributed by atoms with E-state index in [1.54, 1.807) is 12.1 Å². The summed E-state index contributed by atoms with van der Waals surface area (Å²) in [6.45, 7) is 0. The highest BCUT2D eigenvalue weighted by Gasteiger charge is 2.27. The number of carbonyl (C=O) groups is 1. The number of likely N-dealkylation sites (N-methyl/N-ethyl adjacent to an activating group) is 1. The van der Waals surface area contributed by atoms with Gasteiger partial charge in [0.1, 0.15) is 11.9 Å². The number of hydrogen-bond acceptors (Lipinski definition) is 2.